The highest BCUT2D eigenvalue weighted by molar-refractivity contribution is 5.87. The second-order valence-electron chi connectivity index (χ2n) is 5.60. The molecule has 1 heterocycles. The van der Waals surface area contributed by atoms with E-state index in [2.05, 4.69) is 84.6 Å². The minimum absolute atomic E-state index is 0.927. The van der Waals surface area contributed by atoms with Crippen LogP contribution in [0.4, 0.5) is 11.4 Å². The molecule has 3 aromatic carbocycles. The molecular weight excluding hydrogens is 254 g/mol. The number of benzene rings is 3. The maximum absolute atomic E-state index is 2.40. The summed E-state index contributed by atoms with van der Waals surface area (Å²) in [4.78, 5) is 2.40. The minimum Gasteiger partial charge on any atom is -0.336 e. The molecule has 0 unspecified atom stereocenters. The van der Waals surface area contributed by atoms with E-state index in [1.54, 1.807) is 0 Å². The third-order valence-electron chi connectivity index (χ3n) is 4.18. The van der Waals surface area contributed by atoms with Crippen LogP contribution in [-0.4, -0.2) is 0 Å². The van der Waals surface area contributed by atoms with Crippen molar-refractivity contribution in [3.63, 3.8) is 0 Å². The summed E-state index contributed by atoms with van der Waals surface area (Å²) >= 11 is 0. The molecule has 0 radical (unpaired) electrons. The largest absolute Gasteiger partial charge is 0.336 e. The van der Waals surface area contributed by atoms with Crippen molar-refractivity contribution in [1.29, 1.82) is 0 Å². The van der Waals surface area contributed by atoms with Crippen LogP contribution in [0.25, 0.3) is 11.1 Å². The Labute approximate surface area is 125 Å². The Morgan fingerprint density at radius 2 is 1.38 bits per heavy atom. The molecule has 1 heteroatoms. The fourth-order valence-electron chi connectivity index (χ4n) is 3.07. The second kappa shape index (κ2) is 4.78. The maximum Gasteiger partial charge on any atom is 0.0493 e. The molecule has 1 aliphatic heterocycles. The lowest BCUT2D eigenvalue weighted by molar-refractivity contribution is 0.960. The maximum atomic E-state index is 2.40. The van der Waals surface area contributed by atoms with Gasteiger partial charge in [0.1, 0.15) is 0 Å². The Kier molecular flexibility index (Phi) is 2.78. The first-order valence-corrected chi connectivity index (χ1v) is 7.34. The second-order valence-corrected chi connectivity index (χ2v) is 5.60. The molecule has 0 fully saturated rings. The van der Waals surface area contributed by atoms with Crippen molar-refractivity contribution in [3.05, 3.63) is 83.9 Å². The van der Waals surface area contributed by atoms with E-state index in [4.69, 9.17) is 0 Å². The van der Waals surface area contributed by atoms with E-state index in [9.17, 15) is 0 Å². The highest BCUT2D eigenvalue weighted by Gasteiger charge is 2.22. The van der Waals surface area contributed by atoms with Crippen molar-refractivity contribution in [2.24, 2.45) is 0 Å². The van der Waals surface area contributed by atoms with Crippen LogP contribution in [0.5, 0.6) is 0 Å². The Hall–Kier alpha value is -2.54. The molecule has 0 atom stereocenters. The number of hydrogen-bond donors (Lipinski definition) is 0. The van der Waals surface area contributed by atoms with Gasteiger partial charge in [-0.05, 0) is 36.2 Å². The van der Waals surface area contributed by atoms with Gasteiger partial charge >= 0.3 is 0 Å². The first-order valence-electron chi connectivity index (χ1n) is 7.34. The number of aryl methyl sites for hydroxylation is 1. The molecule has 0 aliphatic carbocycles. The highest BCUT2D eigenvalue weighted by Crippen LogP contribution is 2.42. The molecule has 0 aromatic heterocycles. The summed E-state index contributed by atoms with van der Waals surface area (Å²) in [6.07, 6.45) is 0. The molecule has 4 rings (SSSR count). The zero-order valence-corrected chi connectivity index (χ0v) is 12.1. The molecule has 21 heavy (non-hydrogen) atoms. The van der Waals surface area contributed by atoms with E-state index in [-0.39, 0.29) is 0 Å². The third-order valence-corrected chi connectivity index (χ3v) is 4.18. The average molecular weight is 271 g/mol. The van der Waals surface area contributed by atoms with Crippen molar-refractivity contribution < 1.29 is 0 Å². The summed E-state index contributed by atoms with van der Waals surface area (Å²) in [6.45, 7) is 3.06. The van der Waals surface area contributed by atoms with E-state index < -0.39 is 0 Å². The summed E-state index contributed by atoms with van der Waals surface area (Å²) in [7, 11) is 0. The van der Waals surface area contributed by atoms with Crippen molar-refractivity contribution in [2.45, 2.75) is 13.5 Å². The first kappa shape index (κ1) is 12.2. The number of fused-ring (bicyclic) bond motifs is 3. The van der Waals surface area contributed by atoms with E-state index in [1.807, 2.05) is 0 Å². The van der Waals surface area contributed by atoms with Gasteiger partial charge in [0, 0.05) is 23.5 Å². The van der Waals surface area contributed by atoms with Crippen LogP contribution < -0.4 is 4.90 Å². The molecule has 1 nitrogen and oxygen atoms in total. The van der Waals surface area contributed by atoms with Gasteiger partial charge in [0.05, 0.1) is 0 Å². The first-order chi connectivity index (χ1) is 10.3. The molecule has 0 saturated heterocycles. The fraction of sp³-hybridized carbons (Fsp3) is 0.100. The quantitative estimate of drug-likeness (QED) is 0.579. The molecule has 0 N–H and O–H groups in total. The lowest BCUT2D eigenvalue weighted by Crippen LogP contribution is -2.21. The Morgan fingerprint density at radius 3 is 2.19 bits per heavy atom. The normalized spacial score (nSPS) is 12.7. The Bertz CT molecular complexity index is 787. The van der Waals surface area contributed by atoms with E-state index in [0.717, 1.165) is 6.54 Å². The lowest BCUT2D eigenvalue weighted by Gasteiger charge is -2.33. The molecule has 102 valence electrons. The number of para-hydroxylation sites is 1. The van der Waals surface area contributed by atoms with E-state index >= 15 is 0 Å². The summed E-state index contributed by atoms with van der Waals surface area (Å²) in [5.41, 5.74) is 7.90. The highest BCUT2D eigenvalue weighted by atomic mass is 15.1. The standard InChI is InChI=1S/C20H17N/c1-15-10-12-17(13-11-15)21-14-16-6-2-3-7-18(16)19-8-4-5-9-20(19)21/h2-13H,14H2,1H3. The van der Waals surface area contributed by atoms with Crippen molar-refractivity contribution in [2.75, 3.05) is 4.90 Å². The molecule has 0 bridgehead atoms. The van der Waals surface area contributed by atoms with Crippen LogP contribution in [0, 0.1) is 6.92 Å². The molecule has 3 aromatic rings. The van der Waals surface area contributed by atoms with Gasteiger partial charge in [-0.1, -0.05) is 60.2 Å². The van der Waals surface area contributed by atoms with Gasteiger partial charge in [-0.2, -0.15) is 0 Å². The molecule has 0 amide bonds. The van der Waals surface area contributed by atoms with Gasteiger partial charge in [0.25, 0.3) is 0 Å². The van der Waals surface area contributed by atoms with Gasteiger partial charge < -0.3 is 4.90 Å². The summed E-state index contributed by atoms with van der Waals surface area (Å²) in [6, 6.07) is 26.1. The average Bonchev–Trinajstić information content (AvgIpc) is 2.55. The zero-order chi connectivity index (χ0) is 14.2. The minimum atomic E-state index is 0.927. The third kappa shape index (κ3) is 2.02. The Morgan fingerprint density at radius 1 is 0.714 bits per heavy atom. The number of hydrogen-bond acceptors (Lipinski definition) is 1. The van der Waals surface area contributed by atoms with Crippen LogP contribution in [0.15, 0.2) is 72.8 Å². The van der Waals surface area contributed by atoms with E-state index in [1.165, 1.54) is 33.6 Å². The van der Waals surface area contributed by atoms with Gasteiger partial charge in [-0.25, -0.2) is 0 Å². The van der Waals surface area contributed by atoms with Crippen LogP contribution in [0.1, 0.15) is 11.1 Å². The number of rotatable bonds is 1. The smallest absolute Gasteiger partial charge is 0.0493 e. The fourth-order valence-corrected chi connectivity index (χ4v) is 3.07. The van der Waals surface area contributed by atoms with Gasteiger partial charge in [0.15, 0.2) is 0 Å². The van der Waals surface area contributed by atoms with E-state index in [0.29, 0.717) is 0 Å². The van der Waals surface area contributed by atoms with Crippen LogP contribution in [0.2, 0.25) is 0 Å². The zero-order valence-electron chi connectivity index (χ0n) is 12.1. The topological polar surface area (TPSA) is 3.24 Å². The molecule has 0 spiro atoms. The van der Waals surface area contributed by atoms with Gasteiger partial charge in [-0.15, -0.1) is 0 Å². The molecule has 0 saturated carbocycles. The van der Waals surface area contributed by atoms with Crippen LogP contribution >= 0.6 is 0 Å². The predicted octanol–water partition coefficient (Wildman–Crippen LogP) is 5.31. The summed E-state index contributed by atoms with van der Waals surface area (Å²) < 4.78 is 0. The van der Waals surface area contributed by atoms with Gasteiger partial charge in [-0.3, -0.25) is 0 Å². The lowest BCUT2D eigenvalue weighted by atomic mass is 9.93. The van der Waals surface area contributed by atoms with Crippen molar-refractivity contribution >= 4 is 11.4 Å². The summed E-state index contributed by atoms with van der Waals surface area (Å²) in [5.74, 6) is 0. The van der Waals surface area contributed by atoms with Crippen LogP contribution in [-0.2, 0) is 6.54 Å². The monoisotopic (exact) mass is 271 g/mol. The van der Waals surface area contributed by atoms with Crippen LogP contribution in [0.3, 0.4) is 0 Å². The number of nitrogens with zero attached hydrogens (tertiary/aromatic N) is 1. The van der Waals surface area contributed by atoms with Crippen molar-refractivity contribution in [3.8, 4) is 11.1 Å². The molecule has 1 aliphatic rings. The SMILES string of the molecule is Cc1ccc(N2Cc3ccccc3-c3ccccc32)cc1. The summed E-state index contributed by atoms with van der Waals surface area (Å²) in [5, 5.41) is 0. The van der Waals surface area contributed by atoms with Gasteiger partial charge in [0.2, 0.25) is 0 Å². The van der Waals surface area contributed by atoms with Crippen molar-refractivity contribution in [1.82, 2.24) is 0 Å². The molecular formula is C20H17N. The number of anilines is 2. The Balaban J connectivity index is 1.90. The predicted molar refractivity (Wildman–Crippen MR) is 88.9 cm³/mol.